The molecule has 0 aliphatic carbocycles. The van der Waals surface area contributed by atoms with Gasteiger partial charge >= 0.3 is 5.97 Å². The van der Waals surface area contributed by atoms with E-state index in [-0.39, 0.29) is 40.5 Å². The van der Waals surface area contributed by atoms with E-state index in [1.54, 1.807) is 44.4 Å². The summed E-state index contributed by atoms with van der Waals surface area (Å²) in [6, 6.07) is 14.2. The van der Waals surface area contributed by atoms with Gasteiger partial charge in [-0.15, -0.1) is 0 Å². The van der Waals surface area contributed by atoms with Crippen LogP contribution >= 0.6 is 23.2 Å². The van der Waals surface area contributed by atoms with Crippen molar-refractivity contribution in [2.75, 3.05) is 20.3 Å². The molecule has 0 bridgehead atoms. The number of benzene rings is 3. The molecule has 10 heteroatoms. The van der Waals surface area contributed by atoms with E-state index in [0.29, 0.717) is 22.3 Å². The number of aromatic nitrogens is 2. The summed E-state index contributed by atoms with van der Waals surface area (Å²) in [4.78, 5) is 30.1. The summed E-state index contributed by atoms with van der Waals surface area (Å²) >= 11 is 12.8. The molecule has 4 aromatic rings. The fourth-order valence-corrected chi connectivity index (χ4v) is 4.84. The van der Waals surface area contributed by atoms with Gasteiger partial charge in [0.05, 0.1) is 40.9 Å². The number of esters is 1. The number of fused-ring (bicyclic) bond motifs is 1. The van der Waals surface area contributed by atoms with Crippen LogP contribution < -0.4 is 15.0 Å². The van der Waals surface area contributed by atoms with E-state index in [4.69, 9.17) is 42.4 Å². The predicted molar refractivity (Wildman–Crippen MR) is 158 cm³/mol. The summed E-state index contributed by atoms with van der Waals surface area (Å²) in [5.41, 5.74) is 3.36. The van der Waals surface area contributed by atoms with Gasteiger partial charge in [0.15, 0.2) is 18.2 Å². The lowest BCUT2D eigenvalue weighted by Crippen LogP contribution is -2.20. The van der Waals surface area contributed by atoms with Crippen LogP contribution in [0.2, 0.25) is 10.0 Å². The van der Waals surface area contributed by atoms with Crippen LogP contribution in [0.1, 0.15) is 43.4 Å². The predicted octanol–water partition coefficient (Wildman–Crippen LogP) is 6.63. The zero-order valence-electron chi connectivity index (χ0n) is 22.8. The van der Waals surface area contributed by atoms with Gasteiger partial charge in [-0.25, -0.2) is 9.78 Å². The maximum Gasteiger partial charge on any atom is 0.344 e. The second kappa shape index (κ2) is 12.5. The Morgan fingerprint density at radius 3 is 2.48 bits per heavy atom. The van der Waals surface area contributed by atoms with Gasteiger partial charge in [-0.05, 0) is 72.9 Å². The first kappa shape index (κ1) is 29.1. The number of nitrogens with zero attached hydrogens (tertiary/aromatic N) is 3. The van der Waals surface area contributed by atoms with Crippen molar-refractivity contribution in [1.29, 1.82) is 0 Å². The lowest BCUT2D eigenvalue weighted by Gasteiger charge is -2.17. The van der Waals surface area contributed by atoms with Crippen LogP contribution in [0.4, 0.5) is 0 Å². The van der Waals surface area contributed by atoms with Crippen molar-refractivity contribution in [1.82, 2.24) is 9.66 Å². The van der Waals surface area contributed by atoms with Gasteiger partial charge in [0.2, 0.25) is 0 Å². The van der Waals surface area contributed by atoms with Gasteiger partial charge in [0, 0.05) is 5.56 Å². The molecule has 0 unspecified atom stereocenters. The molecule has 4 rings (SSSR count). The second-order valence-electron chi connectivity index (χ2n) is 9.29. The third kappa shape index (κ3) is 6.13. The number of halogens is 2. The quantitative estimate of drug-likeness (QED) is 0.162. The number of ether oxygens (including phenoxy) is 3. The average Bonchev–Trinajstić information content (AvgIpc) is 2.91. The standard InChI is InChI=1S/C30H29Cl2N3O5/c1-6-39-27(36)16-40-28-23(31)12-19(13-24(28)32)15-33-35-29(34-25-10-8-7-9-20(25)30(35)37)22-14-21(17(2)3)26(38-5)11-18(22)4/h7-15,17H,6,16H2,1-5H3. The lowest BCUT2D eigenvalue weighted by molar-refractivity contribution is -0.145. The molecule has 0 saturated carbocycles. The highest BCUT2D eigenvalue weighted by Gasteiger charge is 2.19. The third-order valence-electron chi connectivity index (χ3n) is 6.18. The summed E-state index contributed by atoms with van der Waals surface area (Å²) < 4.78 is 17.2. The van der Waals surface area contributed by atoms with Gasteiger partial charge in [-0.1, -0.05) is 49.2 Å². The molecule has 0 aliphatic rings. The Labute approximate surface area is 242 Å². The third-order valence-corrected chi connectivity index (χ3v) is 6.74. The molecule has 0 aliphatic heterocycles. The summed E-state index contributed by atoms with van der Waals surface area (Å²) in [5.74, 6) is 0.934. The van der Waals surface area contributed by atoms with Gasteiger partial charge in [-0.2, -0.15) is 9.78 Å². The molecule has 0 fully saturated rings. The van der Waals surface area contributed by atoms with E-state index < -0.39 is 5.97 Å². The lowest BCUT2D eigenvalue weighted by atomic mass is 9.96. The highest BCUT2D eigenvalue weighted by molar-refractivity contribution is 6.37. The summed E-state index contributed by atoms with van der Waals surface area (Å²) in [7, 11) is 1.64. The molecule has 1 heterocycles. The van der Waals surface area contributed by atoms with E-state index in [0.717, 1.165) is 22.4 Å². The van der Waals surface area contributed by atoms with Gasteiger partial charge in [-0.3, -0.25) is 4.79 Å². The van der Waals surface area contributed by atoms with Crippen molar-refractivity contribution in [2.24, 2.45) is 5.10 Å². The monoisotopic (exact) mass is 581 g/mol. The van der Waals surface area contributed by atoms with Crippen LogP contribution in [0.3, 0.4) is 0 Å². The van der Waals surface area contributed by atoms with Gasteiger partial charge < -0.3 is 14.2 Å². The highest BCUT2D eigenvalue weighted by Crippen LogP contribution is 2.35. The summed E-state index contributed by atoms with van der Waals surface area (Å²) in [5, 5.41) is 5.30. The number of para-hydroxylation sites is 1. The minimum Gasteiger partial charge on any atom is -0.496 e. The minimum absolute atomic E-state index is 0.147. The average molecular weight is 582 g/mol. The first-order valence-corrected chi connectivity index (χ1v) is 13.4. The van der Waals surface area contributed by atoms with Crippen LogP contribution in [0, 0.1) is 6.92 Å². The van der Waals surface area contributed by atoms with Crippen molar-refractivity contribution in [3.63, 3.8) is 0 Å². The smallest absolute Gasteiger partial charge is 0.344 e. The van der Waals surface area contributed by atoms with Gasteiger partial charge in [0.25, 0.3) is 5.56 Å². The van der Waals surface area contributed by atoms with E-state index in [2.05, 4.69) is 18.9 Å². The number of hydrogen-bond acceptors (Lipinski definition) is 7. The van der Waals surface area contributed by atoms with Gasteiger partial charge in [0.1, 0.15) is 5.75 Å². The number of rotatable bonds is 9. The first-order chi connectivity index (χ1) is 19.1. The summed E-state index contributed by atoms with van der Waals surface area (Å²) in [6.07, 6.45) is 1.47. The van der Waals surface area contributed by atoms with E-state index in [1.165, 1.54) is 10.9 Å². The largest absolute Gasteiger partial charge is 0.496 e. The van der Waals surface area contributed by atoms with Crippen LogP contribution in [-0.2, 0) is 9.53 Å². The molecule has 208 valence electrons. The topological polar surface area (TPSA) is 92.0 Å². The van der Waals surface area contributed by atoms with Crippen LogP contribution in [0.25, 0.3) is 22.3 Å². The first-order valence-electron chi connectivity index (χ1n) is 12.7. The van der Waals surface area contributed by atoms with Crippen LogP contribution in [-0.4, -0.2) is 42.2 Å². The molecule has 3 aromatic carbocycles. The van der Waals surface area contributed by atoms with Crippen molar-refractivity contribution < 1.29 is 19.0 Å². The van der Waals surface area contributed by atoms with Crippen LogP contribution in [0.15, 0.2) is 58.4 Å². The maximum atomic E-state index is 13.7. The molecule has 1 aromatic heterocycles. The normalized spacial score (nSPS) is 11.4. The number of carbonyl (C=O) groups is 1. The number of carbonyl (C=O) groups excluding carboxylic acids is 1. The second-order valence-corrected chi connectivity index (χ2v) is 10.1. The molecule has 0 saturated heterocycles. The molecule has 40 heavy (non-hydrogen) atoms. The van der Waals surface area contributed by atoms with E-state index in [1.807, 2.05) is 25.1 Å². The maximum absolute atomic E-state index is 13.7. The fourth-order valence-electron chi connectivity index (χ4n) is 4.22. The van der Waals surface area contributed by atoms with Crippen molar-refractivity contribution in [3.8, 4) is 22.9 Å². The van der Waals surface area contributed by atoms with E-state index >= 15 is 0 Å². The Morgan fingerprint density at radius 2 is 1.82 bits per heavy atom. The number of aryl methyl sites for hydroxylation is 1. The van der Waals surface area contributed by atoms with Crippen molar-refractivity contribution in [2.45, 2.75) is 33.6 Å². The molecule has 0 N–H and O–H groups in total. The van der Waals surface area contributed by atoms with Crippen molar-refractivity contribution >= 4 is 46.3 Å². The molecule has 8 nitrogen and oxygen atoms in total. The Bertz CT molecular complexity index is 1640. The summed E-state index contributed by atoms with van der Waals surface area (Å²) in [6.45, 7) is 7.69. The highest BCUT2D eigenvalue weighted by atomic mass is 35.5. The Kier molecular flexibility index (Phi) is 9.12. The molecule has 0 atom stereocenters. The Morgan fingerprint density at radius 1 is 1.12 bits per heavy atom. The van der Waals surface area contributed by atoms with Crippen molar-refractivity contribution in [3.05, 3.63) is 85.6 Å². The SMILES string of the molecule is CCOC(=O)COc1c(Cl)cc(C=Nn2c(-c3cc(C(C)C)c(OC)cc3C)nc3ccccc3c2=O)cc1Cl. The Hall–Kier alpha value is -3.88. The molecule has 0 spiro atoms. The molecule has 0 radical (unpaired) electrons. The minimum atomic E-state index is -0.537. The van der Waals surface area contributed by atoms with E-state index in [9.17, 15) is 9.59 Å². The zero-order valence-corrected chi connectivity index (χ0v) is 24.3. The Balaban J connectivity index is 1.82. The molecular formula is C30H29Cl2N3O5. The number of hydrogen-bond donors (Lipinski definition) is 0. The molecule has 0 amide bonds. The fraction of sp³-hybridized carbons (Fsp3) is 0.267. The number of methoxy groups -OCH3 is 1. The zero-order chi connectivity index (χ0) is 29.0. The van der Waals surface area contributed by atoms with Crippen LogP contribution in [0.5, 0.6) is 11.5 Å². The molecular weight excluding hydrogens is 553 g/mol.